The highest BCUT2D eigenvalue weighted by Crippen LogP contribution is 2.46. The van der Waals surface area contributed by atoms with Crippen molar-refractivity contribution in [3.8, 4) is 108 Å². The highest BCUT2D eigenvalue weighted by molar-refractivity contribution is 5.83. The molecule has 9 aromatic heterocycles. The van der Waals surface area contributed by atoms with Crippen LogP contribution in [0.4, 0.5) is 41.4 Å². The van der Waals surface area contributed by atoms with E-state index in [-0.39, 0.29) is 59.3 Å². The molecule has 149 heavy (non-hydrogen) atoms. The van der Waals surface area contributed by atoms with Gasteiger partial charge in [-0.15, -0.1) is 0 Å². The van der Waals surface area contributed by atoms with Gasteiger partial charge < -0.3 is 73.4 Å². The zero-order chi connectivity index (χ0) is 103. The van der Waals surface area contributed by atoms with E-state index in [4.69, 9.17) is 69.8 Å². The first-order chi connectivity index (χ1) is 72.9. The van der Waals surface area contributed by atoms with E-state index in [0.717, 1.165) is 268 Å². The SMILES string of the molecule is CCNc1nccc(-c2c(-c3ccc(F)cc3)nc3n2[C@H](CN(CCCOC)Cc2cccc(OC)c2)CC3)n1.CNc1nccc(-c2c(-c3ccc(F)cc3)nc3n2[C@H](CN(CCCOC)Cc2cccc(OC)c2)CC3)n1.COCCCN(Cc1cccc(OC)c1)C[C@@H]1CCc2nc(-c3ccc(F)cc3)c(-c3ccnc(N)n3)n21.Nc1nccc(-c2c(-c3ccc(F)cc3)nc3n2[C@H](Cn2ccc4ccccc42)CC3)n1. The van der Waals surface area contributed by atoms with Gasteiger partial charge in [-0.1, -0.05) is 54.6 Å². The molecule has 0 fully saturated rings. The third kappa shape index (κ3) is 25.0. The predicted molar refractivity (Wildman–Crippen MR) is 573 cm³/mol. The second-order valence-electron chi connectivity index (χ2n) is 37.4. The highest BCUT2D eigenvalue weighted by atomic mass is 19.1. The van der Waals surface area contributed by atoms with Crippen molar-refractivity contribution < 1.29 is 46.0 Å². The number of aryl methyl sites for hydroxylation is 4. The third-order valence-electron chi connectivity index (χ3n) is 27.4. The van der Waals surface area contributed by atoms with Crippen molar-refractivity contribution in [1.29, 1.82) is 0 Å². The van der Waals surface area contributed by atoms with E-state index >= 15 is 0 Å². The van der Waals surface area contributed by atoms with Crippen molar-refractivity contribution in [2.24, 2.45) is 0 Å². The lowest BCUT2D eigenvalue weighted by Gasteiger charge is -2.27. The Morgan fingerprint density at radius 3 is 1.03 bits per heavy atom. The van der Waals surface area contributed by atoms with Crippen molar-refractivity contribution in [2.45, 2.75) is 128 Å². The van der Waals surface area contributed by atoms with Crippen LogP contribution in [-0.4, -0.2) is 213 Å². The van der Waals surface area contributed by atoms with Crippen LogP contribution in [0.5, 0.6) is 17.2 Å². The number of aromatic nitrogens is 17. The van der Waals surface area contributed by atoms with Gasteiger partial charge >= 0.3 is 0 Å². The minimum atomic E-state index is -0.282. The number of benzene rings is 8. The molecule has 770 valence electrons. The molecular formula is C115H126F4N24O6. The lowest BCUT2D eigenvalue weighted by molar-refractivity contribution is 0.161. The largest absolute Gasteiger partial charge is 0.497 e. The molecule has 13 heterocycles. The van der Waals surface area contributed by atoms with Crippen LogP contribution in [-0.2, 0) is 66.1 Å². The summed E-state index contributed by atoms with van der Waals surface area (Å²) in [4.78, 5) is 63.1. The summed E-state index contributed by atoms with van der Waals surface area (Å²) in [6, 6.07) is 69.6. The number of para-hydroxylation sites is 1. The van der Waals surface area contributed by atoms with Gasteiger partial charge in [-0.2, -0.15) is 0 Å². The fourth-order valence-corrected chi connectivity index (χ4v) is 20.7. The van der Waals surface area contributed by atoms with Gasteiger partial charge in [-0.25, -0.2) is 77.4 Å². The molecule has 6 N–H and O–H groups in total. The fourth-order valence-electron chi connectivity index (χ4n) is 20.7. The molecule has 0 saturated heterocycles. The van der Waals surface area contributed by atoms with Gasteiger partial charge in [0.2, 0.25) is 23.8 Å². The van der Waals surface area contributed by atoms with E-state index in [1.807, 2.05) is 67.6 Å². The molecule has 21 rings (SSSR count). The number of hydrogen-bond donors (Lipinski definition) is 4. The second-order valence-corrected chi connectivity index (χ2v) is 37.4. The third-order valence-corrected chi connectivity index (χ3v) is 27.4. The number of rotatable bonds is 40. The molecular weight excluding hydrogens is 1890 g/mol. The van der Waals surface area contributed by atoms with Gasteiger partial charge in [-0.3, -0.25) is 14.7 Å². The maximum atomic E-state index is 13.8. The summed E-state index contributed by atoms with van der Waals surface area (Å²) in [6.45, 7) is 13.3. The molecule has 4 aliphatic heterocycles. The van der Waals surface area contributed by atoms with E-state index in [1.165, 1.54) is 76.1 Å². The van der Waals surface area contributed by atoms with Crippen LogP contribution < -0.4 is 36.3 Å². The number of nitrogen functional groups attached to an aromatic ring is 2. The number of nitrogens with zero attached hydrogens (tertiary/aromatic N) is 20. The van der Waals surface area contributed by atoms with Crippen LogP contribution in [0.15, 0.2) is 255 Å². The number of anilines is 4. The first-order valence-corrected chi connectivity index (χ1v) is 50.7. The average Bonchev–Trinajstić information content (AvgIpc) is 1.65. The van der Waals surface area contributed by atoms with Gasteiger partial charge in [0.1, 0.15) is 63.8 Å². The zero-order valence-corrected chi connectivity index (χ0v) is 85.3. The molecule has 0 amide bonds. The van der Waals surface area contributed by atoms with Crippen molar-refractivity contribution in [2.75, 3.05) is 137 Å². The maximum absolute atomic E-state index is 13.8. The molecule has 17 aromatic rings. The quantitative estimate of drug-likeness (QED) is 0.0205. The summed E-state index contributed by atoms with van der Waals surface area (Å²) in [5.74, 6) is 7.09. The predicted octanol–water partition coefficient (Wildman–Crippen LogP) is 20.5. The molecule has 4 aliphatic rings. The molecule has 0 saturated carbocycles. The number of nitrogens with one attached hydrogen (secondary N) is 2. The molecule has 0 spiro atoms. The van der Waals surface area contributed by atoms with Gasteiger partial charge in [0.15, 0.2) is 0 Å². The first kappa shape index (κ1) is 104. The lowest BCUT2D eigenvalue weighted by atomic mass is 10.1. The van der Waals surface area contributed by atoms with Crippen molar-refractivity contribution in [3.05, 3.63) is 319 Å². The molecule has 30 nitrogen and oxygen atoms in total. The Morgan fingerprint density at radius 2 is 0.691 bits per heavy atom. The fraction of sp³-hybridized carbons (Fsp3) is 0.322. The Hall–Kier alpha value is -15.5. The smallest absolute Gasteiger partial charge is 0.223 e. The Kier molecular flexibility index (Phi) is 34.3. The minimum absolute atomic E-state index is 0.186. The molecule has 34 heteroatoms. The summed E-state index contributed by atoms with van der Waals surface area (Å²) >= 11 is 0. The Morgan fingerprint density at radius 1 is 0.362 bits per heavy atom. The monoisotopic (exact) mass is 2020 g/mol. The topological polar surface area (TPSA) is 321 Å². The Balaban J connectivity index is 0.000000130. The maximum Gasteiger partial charge on any atom is 0.223 e. The van der Waals surface area contributed by atoms with Crippen molar-refractivity contribution >= 4 is 34.7 Å². The number of halogens is 4. The molecule has 0 unspecified atom stereocenters. The van der Waals surface area contributed by atoms with Gasteiger partial charge in [0, 0.05) is 223 Å². The standard InChI is InChI=1S/C31H37FN6O2.C30H35FN6O2.C29H33FN6O2.C25H21FN6/c1-4-33-31-34-16-15-27(35-31)30-29(23-9-11-24(32)12-10-23)36-28-14-13-25(38(28)30)21-37(17-6-18-39-2)20-22-7-5-8-26(19-22)40-3;1-32-30-33-15-14-26(34-30)29-28(22-8-10-23(31)11-9-22)35-27-13-12-24(37(27)29)20-36(16-5-17-38-2)19-21-6-4-7-25(18-21)39-3;1-37-16-4-15-35(18-20-5-3-6-24(17-20)38-2)19-23-11-12-26-34-27(21-7-9-22(30)10-8-21)28(36(23)26)25-13-14-32-29(31)33-25;26-18-7-5-17(6-8-18)23-24(20-11-13-28-25(27)29-20)32-19(9-10-22(32)30-23)15-31-14-12-16-3-1-2-4-21(16)31/h5,7-12,15-16,19,25H,4,6,13-14,17-18,20-21H2,1-3H3,(H,33,34,35);4,6-11,14-15,18,24H,5,12-13,16-17,19-20H2,1-3H3,(H,32,33,34);3,5-10,13-14,17,23H,4,11-12,15-16,18-19H2,1-2H3,(H2,31,32,33);1-8,11-14,19H,9-10,15H2,(H2,27,28,29)/t25-;24-;23-;19-/m0000/s1. The van der Waals surface area contributed by atoms with Gasteiger partial charge in [0.05, 0.1) is 95.7 Å². The van der Waals surface area contributed by atoms with Crippen LogP contribution >= 0.6 is 0 Å². The van der Waals surface area contributed by atoms with Crippen LogP contribution in [0, 0.1) is 23.3 Å². The molecule has 0 aliphatic carbocycles. The van der Waals surface area contributed by atoms with E-state index < -0.39 is 0 Å². The van der Waals surface area contributed by atoms with E-state index in [9.17, 15) is 17.6 Å². The number of fused-ring (bicyclic) bond motifs is 5. The molecule has 0 bridgehead atoms. The number of ether oxygens (including phenoxy) is 6. The highest BCUT2D eigenvalue weighted by Gasteiger charge is 2.38. The summed E-state index contributed by atoms with van der Waals surface area (Å²) in [5, 5.41) is 7.49. The Labute approximate surface area is 865 Å². The van der Waals surface area contributed by atoms with Crippen LogP contribution in [0.2, 0.25) is 0 Å². The number of nitrogens with two attached hydrogens (primary N) is 2. The Bertz CT molecular complexity index is 7330. The normalized spacial score (nSPS) is 14.7. The van der Waals surface area contributed by atoms with Crippen molar-refractivity contribution in [1.82, 2.24) is 97.3 Å². The summed E-state index contributed by atoms with van der Waals surface area (Å²) < 4.78 is 98.9. The van der Waals surface area contributed by atoms with E-state index in [0.29, 0.717) is 37.4 Å². The minimum Gasteiger partial charge on any atom is -0.497 e. The molecule has 4 atom stereocenters. The number of hydrogen-bond acceptors (Lipinski definition) is 25. The summed E-state index contributed by atoms with van der Waals surface area (Å²) in [5.41, 5.74) is 30.1. The first-order valence-electron chi connectivity index (χ1n) is 50.7. The second kappa shape index (κ2) is 49.4. The zero-order valence-electron chi connectivity index (χ0n) is 85.3. The molecule has 0 radical (unpaired) electrons. The van der Waals surface area contributed by atoms with Gasteiger partial charge in [0.25, 0.3) is 0 Å². The van der Waals surface area contributed by atoms with Gasteiger partial charge in [-0.05, 0) is 244 Å². The van der Waals surface area contributed by atoms with Crippen LogP contribution in [0.1, 0.15) is 116 Å². The summed E-state index contributed by atoms with van der Waals surface area (Å²) in [7, 11) is 12.1. The van der Waals surface area contributed by atoms with Crippen LogP contribution in [0.3, 0.4) is 0 Å². The van der Waals surface area contributed by atoms with E-state index in [2.05, 4.69) is 151 Å². The van der Waals surface area contributed by atoms with Crippen LogP contribution in [0.25, 0.3) is 101 Å². The number of imidazole rings is 4. The molecule has 8 aromatic carbocycles. The lowest BCUT2D eigenvalue weighted by Crippen LogP contribution is -2.31. The van der Waals surface area contributed by atoms with Crippen molar-refractivity contribution in [3.63, 3.8) is 0 Å². The number of methoxy groups -OCH3 is 6. The average molecular weight is 2020 g/mol. The summed E-state index contributed by atoms with van der Waals surface area (Å²) in [6.07, 6.45) is 19.2. The van der Waals surface area contributed by atoms with E-state index in [1.54, 1.807) is 123 Å².